The minimum absolute atomic E-state index is 0.0774. The number of rotatable bonds is 2. The van der Waals surface area contributed by atoms with Crippen molar-refractivity contribution >= 4 is 0 Å². The largest absolute Gasteiger partial charge is 0.302 e. The van der Waals surface area contributed by atoms with E-state index in [1.54, 1.807) is 0 Å². The van der Waals surface area contributed by atoms with Gasteiger partial charge in [-0.25, -0.2) is 0 Å². The van der Waals surface area contributed by atoms with E-state index >= 15 is 0 Å². The van der Waals surface area contributed by atoms with E-state index in [-0.39, 0.29) is 5.60 Å². The van der Waals surface area contributed by atoms with Crippen molar-refractivity contribution in [3.63, 3.8) is 0 Å². The van der Waals surface area contributed by atoms with Gasteiger partial charge in [0, 0.05) is 12.6 Å². The molecule has 1 N–H and O–H groups in total. The zero-order chi connectivity index (χ0) is 10.2. The second-order valence-electron chi connectivity index (χ2n) is 5.58. The molecule has 0 aromatic rings. The van der Waals surface area contributed by atoms with E-state index in [1.165, 1.54) is 32.5 Å². The molecule has 3 saturated heterocycles. The Morgan fingerprint density at radius 3 is 2.29 bits per heavy atom. The first kappa shape index (κ1) is 10.4. The van der Waals surface area contributed by atoms with Crippen LogP contribution in [-0.2, 0) is 4.84 Å². The average Bonchev–Trinajstić information content (AvgIpc) is 2.16. The van der Waals surface area contributed by atoms with E-state index in [4.69, 9.17) is 4.84 Å². The lowest BCUT2D eigenvalue weighted by Gasteiger charge is -2.45. The quantitative estimate of drug-likeness (QED) is 0.679. The van der Waals surface area contributed by atoms with Gasteiger partial charge in [0.1, 0.15) is 0 Å². The summed E-state index contributed by atoms with van der Waals surface area (Å²) in [6.45, 7) is 10.0. The van der Waals surface area contributed by atoms with Crippen LogP contribution in [0.3, 0.4) is 0 Å². The van der Waals surface area contributed by atoms with Crippen LogP contribution in [0, 0.1) is 5.92 Å². The maximum Gasteiger partial charge on any atom is 0.0813 e. The molecule has 3 fully saturated rings. The Balaban J connectivity index is 1.81. The van der Waals surface area contributed by atoms with Gasteiger partial charge in [0.2, 0.25) is 0 Å². The number of fused-ring (bicyclic) bond motifs is 3. The summed E-state index contributed by atoms with van der Waals surface area (Å²) >= 11 is 0. The summed E-state index contributed by atoms with van der Waals surface area (Å²) in [5.41, 5.74) is 3.17. The normalized spacial score (nSPS) is 37.5. The van der Waals surface area contributed by atoms with Crippen LogP contribution in [0.1, 0.15) is 33.6 Å². The lowest BCUT2D eigenvalue weighted by Crippen LogP contribution is -2.56. The SMILES string of the molecule is CC(C)(C)ONC1CN2CCC1CC2. The zero-order valence-electron chi connectivity index (χ0n) is 9.55. The molecule has 0 amide bonds. The van der Waals surface area contributed by atoms with Crippen molar-refractivity contribution in [2.24, 2.45) is 5.92 Å². The Labute approximate surface area is 86.8 Å². The van der Waals surface area contributed by atoms with Crippen molar-refractivity contribution in [3.8, 4) is 0 Å². The number of piperidine rings is 3. The Morgan fingerprint density at radius 2 is 1.86 bits per heavy atom. The third-order valence-corrected chi connectivity index (χ3v) is 3.17. The van der Waals surface area contributed by atoms with Gasteiger partial charge in [0.05, 0.1) is 5.60 Å². The Hall–Kier alpha value is -0.120. The second-order valence-corrected chi connectivity index (χ2v) is 5.58. The highest BCUT2D eigenvalue weighted by molar-refractivity contribution is 4.89. The topological polar surface area (TPSA) is 24.5 Å². The van der Waals surface area contributed by atoms with Gasteiger partial charge in [0.25, 0.3) is 0 Å². The van der Waals surface area contributed by atoms with Crippen molar-refractivity contribution in [2.75, 3.05) is 19.6 Å². The first-order chi connectivity index (χ1) is 6.54. The number of hydrogen-bond acceptors (Lipinski definition) is 3. The van der Waals surface area contributed by atoms with E-state index in [0.717, 1.165) is 5.92 Å². The van der Waals surface area contributed by atoms with Crippen LogP contribution in [0.25, 0.3) is 0 Å². The van der Waals surface area contributed by atoms with E-state index in [2.05, 4.69) is 31.2 Å². The monoisotopic (exact) mass is 198 g/mol. The lowest BCUT2D eigenvalue weighted by molar-refractivity contribution is -0.115. The summed E-state index contributed by atoms with van der Waals surface area (Å²) < 4.78 is 0. The highest BCUT2D eigenvalue weighted by Crippen LogP contribution is 2.27. The summed E-state index contributed by atoms with van der Waals surface area (Å²) in [6, 6.07) is 0.553. The fraction of sp³-hybridized carbons (Fsp3) is 1.00. The maximum atomic E-state index is 5.64. The molecular formula is C11H22N2O. The third kappa shape index (κ3) is 2.47. The molecule has 1 unspecified atom stereocenters. The van der Waals surface area contributed by atoms with Crippen LogP contribution < -0.4 is 5.48 Å². The van der Waals surface area contributed by atoms with Crippen LogP contribution in [0.5, 0.6) is 0 Å². The molecule has 82 valence electrons. The van der Waals surface area contributed by atoms with Crippen molar-refractivity contribution < 1.29 is 4.84 Å². The Kier molecular flexibility index (Phi) is 2.82. The van der Waals surface area contributed by atoms with E-state index in [1.807, 2.05) is 0 Å². The molecule has 3 aliphatic rings. The molecule has 0 radical (unpaired) electrons. The number of hydrogen-bond donors (Lipinski definition) is 1. The molecule has 3 aliphatic heterocycles. The average molecular weight is 198 g/mol. The molecule has 0 aromatic carbocycles. The van der Waals surface area contributed by atoms with Crippen molar-refractivity contribution in [1.29, 1.82) is 0 Å². The van der Waals surface area contributed by atoms with E-state index < -0.39 is 0 Å². The van der Waals surface area contributed by atoms with Gasteiger partial charge in [-0.3, -0.25) is 4.84 Å². The van der Waals surface area contributed by atoms with Gasteiger partial charge in [-0.15, -0.1) is 0 Å². The van der Waals surface area contributed by atoms with Crippen LogP contribution in [0.2, 0.25) is 0 Å². The molecule has 0 saturated carbocycles. The second kappa shape index (κ2) is 3.80. The van der Waals surface area contributed by atoms with Gasteiger partial charge in [-0.05, 0) is 52.6 Å². The van der Waals surface area contributed by atoms with Crippen molar-refractivity contribution in [2.45, 2.75) is 45.3 Å². The molecule has 0 aromatic heterocycles. The molecule has 3 rings (SSSR count). The van der Waals surface area contributed by atoms with Crippen LogP contribution >= 0.6 is 0 Å². The minimum atomic E-state index is -0.0774. The van der Waals surface area contributed by atoms with Gasteiger partial charge in [0.15, 0.2) is 0 Å². The molecule has 0 spiro atoms. The first-order valence-electron chi connectivity index (χ1n) is 5.70. The molecule has 3 nitrogen and oxygen atoms in total. The smallest absolute Gasteiger partial charge is 0.0813 e. The van der Waals surface area contributed by atoms with Gasteiger partial charge < -0.3 is 4.90 Å². The third-order valence-electron chi connectivity index (χ3n) is 3.17. The predicted molar refractivity (Wildman–Crippen MR) is 56.9 cm³/mol. The minimum Gasteiger partial charge on any atom is -0.302 e. The van der Waals surface area contributed by atoms with Crippen LogP contribution in [-0.4, -0.2) is 36.2 Å². The molecule has 3 heteroatoms. The van der Waals surface area contributed by atoms with E-state index in [9.17, 15) is 0 Å². The highest BCUT2D eigenvalue weighted by atomic mass is 16.7. The van der Waals surface area contributed by atoms with Gasteiger partial charge >= 0.3 is 0 Å². The zero-order valence-corrected chi connectivity index (χ0v) is 9.55. The van der Waals surface area contributed by atoms with Crippen molar-refractivity contribution in [3.05, 3.63) is 0 Å². The summed E-state index contributed by atoms with van der Waals surface area (Å²) in [6.07, 6.45) is 2.68. The lowest BCUT2D eigenvalue weighted by atomic mass is 9.84. The summed E-state index contributed by atoms with van der Waals surface area (Å²) in [7, 11) is 0. The fourth-order valence-corrected chi connectivity index (χ4v) is 2.35. The molecule has 2 bridgehead atoms. The van der Waals surface area contributed by atoms with Gasteiger partial charge in [-0.1, -0.05) is 0 Å². The molecule has 3 heterocycles. The Morgan fingerprint density at radius 1 is 1.21 bits per heavy atom. The maximum absolute atomic E-state index is 5.64. The summed E-state index contributed by atoms with van der Waals surface area (Å²) in [4.78, 5) is 8.18. The standard InChI is InChI=1S/C11H22N2O/c1-11(2,3)14-12-10-8-13-6-4-9(10)5-7-13/h9-10,12H,4-8H2,1-3H3. The molecule has 1 atom stereocenters. The predicted octanol–water partition coefficient (Wildman–Crippen LogP) is 1.40. The van der Waals surface area contributed by atoms with Gasteiger partial charge in [-0.2, -0.15) is 5.48 Å². The summed E-state index contributed by atoms with van der Waals surface area (Å²) in [5.74, 6) is 0.836. The van der Waals surface area contributed by atoms with Crippen molar-refractivity contribution in [1.82, 2.24) is 10.4 Å². The highest BCUT2D eigenvalue weighted by Gasteiger charge is 2.34. The van der Waals surface area contributed by atoms with E-state index in [0.29, 0.717) is 6.04 Å². The fourth-order valence-electron chi connectivity index (χ4n) is 2.35. The molecule has 0 aliphatic carbocycles. The molecular weight excluding hydrogens is 176 g/mol. The summed E-state index contributed by atoms with van der Waals surface area (Å²) in [5, 5.41) is 0. The molecule has 14 heavy (non-hydrogen) atoms. The van der Waals surface area contributed by atoms with Crippen LogP contribution in [0.4, 0.5) is 0 Å². The number of nitrogens with zero attached hydrogens (tertiary/aromatic N) is 1. The van der Waals surface area contributed by atoms with Crippen LogP contribution in [0.15, 0.2) is 0 Å². The number of hydroxylamine groups is 1. The first-order valence-corrected chi connectivity index (χ1v) is 5.70. The Bertz CT molecular complexity index is 192. The number of nitrogens with one attached hydrogen (secondary N) is 1.